The van der Waals surface area contributed by atoms with Crippen molar-refractivity contribution in [2.75, 3.05) is 23.9 Å². The van der Waals surface area contributed by atoms with Crippen LogP contribution in [0.5, 0.6) is 0 Å². The van der Waals surface area contributed by atoms with Gasteiger partial charge in [-0.15, -0.1) is 0 Å². The maximum absolute atomic E-state index is 5.89. The lowest BCUT2D eigenvalue weighted by Crippen LogP contribution is -2.19. The van der Waals surface area contributed by atoms with Crippen LogP contribution in [0.25, 0.3) is 0 Å². The molecule has 1 aromatic heterocycles. The molecule has 4 nitrogen and oxygen atoms in total. The van der Waals surface area contributed by atoms with Gasteiger partial charge < -0.3 is 11.1 Å². The topological polar surface area (TPSA) is 63.8 Å². The Kier molecular flexibility index (Phi) is 3.17. The lowest BCUT2D eigenvalue weighted by Gasteiger charge is -2.15. The molecule has 0 aromatic carbocycles. The summed E-state index contributed by atoms with van der Waals surface area (Å²) in [5, 5.41) is 3.51. The van der Waals surface area contributed by atoms with E-state index in [-0.39, 0.29) is 5.28 Å². The molecule has 6 heteroatoms. The molecule has 1 aliphatic rings. The second-order valence-corrected chi connectivity index (χ2v) is 5.69. The van der Waals surface area contributed by atoms with Gasteiger partial charge in [0.15, 0.2) is 5.82 Å². The number of aromatic nitrogens is 2. The maximum Gasteiger partial charge on any atom is 0.224 e. The molecule has 2 rings (SSSR count). The number of hydrogen-bond acceptors (Lipinski definition) is 5. The zero-order valence-electron chi connectivity index (χ0n) is 9.38. The van der Waals surface area contributed by atoms with E-state index in [1.165, 1.54) is 12.8 Å². The van der Waals surface area contributed by atoms with Crippen LogP contribution < -0.4 is 11.1 Å². The number of nitrogen functional groups attached to an aromatic ring is 1. The molecule has 0 atom stereocenters. The Morgan fingerprint density at radius 1 is 1.50 bits per heavy atom. The number of rotatable bonds is 4. The molecule has 0 saturated heterocycles. The third-order valence-electron chi connectivity index (χ3n) is 2.93. The predicted octanol–water partition coefficient (Wildman–Crippen LogP) is 2.33. The Morgan fingerprint density at radius 3 is 2.75 bits per heavy atom. The average molecular weight is 259 g/mol. The number of hydrogen-bond donors (Lipinski definition) is 2. The van der Waals surface area contributed by atoms with E-state index in [1.807, 2.05) is 18.7 Å². The van der Waals surface area contributed by atoms with Gasteiger partial charge in [-0.2, -0.15) is 16.7 Å². The van der Waals surface area contributed by atoms with Gasteiger partial charge in [0, 0.05) is 11.3 Å². The Labute approximate surface area is 104 Å². The zero-order chi connectivity index (χ0) is 11.8. The van der Waals surface area contributed by atoms with Gasteiger partial charge >= 0.3 is 0 Å². The van der Waals surface area contributed by atoms with E-state index in [1.54, 1.807) is 0 Å². The third kappa shape index (κ3) is 2.35. The lowest BCUT2D eigenvalue weighted by molar-refractivity contribution is 0.936. The highest BCUT2D eigenvalue weighted by Crippen LogP contribution is 2.47. The monoisotopic (exact) mass is 258 g/mol. The van der Waals surface area contributed by atoms with Crippen molar-refractivity contribution in [1.82, 2.24) is 9.97 Å². The Hall–Kier alpha value is -0.680. The first kappa shape index (κ1) is 11.8. The molecule has 0 aliphatic heterocycles. The fourth-order valence-electron chi connectivity index (χ4n) is 1.52. The summed E-state index contributed by atoms with van der Waals surface area (Å²) in [5.74, 6) is 0.651. The van der Waals surface area contributed by atoms with Crippen molar-refractivity contribution in [3.8, 4) is 0 Å². The number of nitrogens with zero attached hydrogens (tertiary/aromatic N) is 2. The largest absolute Gasteiger partial charge is 0.394 e. The highest BCUT2D eigenvalue weighted by atomic mass is 35.5. The molecule has 1 aliphatic carbocycles. The first-order valence-corrected chi connectivity index (χ1v) is 6.75. The summed E-state index contributed by atoms with van der Waals surface area (Å²) in [7, 11) is 0. The summed E-state index contributed by atoms with van der Waals surface area (Å²) in [6, 6.07) is 0. The smallest absolute Gasteiger partial charge is 0.224 e. The van der Waals surface area contributed by atoms with Crippen LogP contribution in [-0.4, -0.2) is 27.5 Å². The van der Waals surface area contributed by atoms with Gasteiger partial charge in [0.25, 0.3) is 0 Å². The summed E-state index contributed by atoms with van der Waals surface area (Å²) >= 11 is 7.69. The molecular formula is C10H15ClN4S. The standard InChI is InChI=1S/C10H15ClN4S/c1-6-7(12)8(15-9(11)14-6)13-5-10(16-2)3-4-10/h3-5,12H2,1-2H3,(H,13,14,15). The van der Waals surface area contributed by atoms with Crippen LogP contribution in [0.3, 0.4) is 0 Å². The van der Waals surface area contributed by atoms with Crippen LogP contribution in [0.1, 0.15) is 18.5 Å². The third-order valence-corrected chi connectivity index (χ3v) is 4.52. The van der Waals surface area contributed by atoms with E-state index in [0.29, 0.717) is 16.3 Å². The van der Waals surface area contributed by atoms with E-state index in [0.717, 1.165) is 12.2 Å². The van der Waals surface area contributed by atoms with Crippen molar-refractivity contribution in [1.29, 1.82) is 0 Å². The molecule has 1 saturated carbocycles. The van der Waals surface area contributed by atoms with Crippen LogP contribution in [0, 0.1) is 6.92 Å². The van der Waals surface area contributed by atoms with Gasteiger partial charge in [-0.25, -0.2) is 4.98 Å². The van der Waals surface area contributed by atoms with Gasteiger partial charge in [0.1, 0.15) is 0 Å². The quantitative estimate of drug-likeness (QED) is 0.812. The van der Waals surface area contributed by atoms with Crippen molar-refractivity contribution >= 4 is 34.9 Å². The second kappa shape index (κ2) is 4.30. The van der Waals surface area contributed by atoms with Gasteiger partial charge in [-0.05, 0) is 37.6 Å². The molecule has 1 heterocycles. The predicted molar refractivity (Wildman–Crippen MR) is 70.2 cm³/mol. The van der Waals surface area contributed by atoms with Crippen LogP contribution in [0.4, 0.5) is 11.5 Å². The highest BCUT2D eigenvalue weighted by molar-refractivity contribution is 8.00. The number of thioether (sulfide) groups is 1. The van der Waals surface area contributed by atoms with E-state index in [4.69, 9.17) is 17.3 Å². The Balaban J connectivity index is 2.09. The Morgan fingerprint density at radius 2 is 2.19 bits per heavy atom. The van der Waals surface area contributed by atoms with Crippen molar-refractivity contribution < 1.29 is 0 Å². The van der Waals surface area contributed by atoms with Crippen molar-refractivity contribution in [2.45, 2.75) is 24.5 Å². The molecule has 1 aromatic rings. The minimum absolute atomic E-state index is 0.239. The summed E-state index contributed by atoms with van der Waals surface area (Å²) in [5.41, 5.74) is 7.19. The molecule has 0 spiro atoms. The van der Waals surface area contributed by atoms with Crippen LogP contribution in [-0.2, 0) is 0 Å². The first-order chi connectivity index (χ1) is 7.56. The van der Waals surface area contributed by atoms with E-state index >= 15 is 0 Å². The fraction of sp³-hybridized carbons (Fsp3) is 0.600. The fourth-order valence-corrected chi connectivity index (χ4v) is 2.46. The summed E-state index contributed by atoms with van der Waals surface area (Å²) in [4.78, 5) is 8.11. The van der Waals surface area contributed by atoms with Crippen molar-refractivity contribution in [3.05, 3.63) is 11.0 Å². The normalized spacial score (nSPS) is 17.2. The summed E-state index contributed by atoms with van der Waals surface area (Å²) < 4.78 is 0.373. The van der Waals surface area contributed by atoms with Gasteiger partial charge in [-0.3, -0.25) is 0 Å². The zero-order valence-corrected chi connectivity index (χ0v) is 11.0. The van der Waals surface area contributed by atoms with Gasteiger partial charge in [-0.1, -0.05) is 0 Å². The molecule has 88 valence electrons. The van der Waals surface area contributed by atoms with Gasteiger partial charge in [0.2, 0.25) is 5.28 Å². The molecule has 16 heavy (non-hydrogen) atoms. The van der Waals surface area contributed by atoms with E-state index < -0.39 is 0 Å². The van der Waals surface area contributed by atoms with Crippen LogP contribution in [0.15, 0.2) is 0 Å². The van der Waals surface area contributed by atoms with Crippen molar-refractivity contribution in [2.24, 2.45) is 0 Å². The number of nitrogens with two attached hydrogens (primary N) is 1. The lowest BCUT2D eigenvalue weighted by atomic mass is 10.3. The molecule has 0 unspecified atom stereocenters. The molecule has 0 radical (unpaired) electrons. The molecule has 0 amide bonds. The second-order valence-electron chi connectivity index (χ2n) is 4.08. The SMILES string of the molecule is CSC1(CNc2nc(Cl)nc(C)c2N)CC1. The first-order valence-electron chi connectivity index (χ1n) is 5.15. The minimum Gasteiger partial charge on any atom is -0.394 e. The highest BCUT2D eigenvalue weighted by Gasteiger charge is 2.41. The van der Waals surface area contributed by atoms with Gasteiger partial charge in [0.05, 0.1) is 11.4 Å². The van der Waals surface area contributed by atoms with E-state index in [2.05, 4.69) is 21.5 Å². The number of aryl methyl sites for hydroxylation is 1. The molecule has 0 bridgehead atoms. The molecular weight excluding hydrogens is 244 g/mol. The average Bonchev–Trinajstić information content (AvgIpc) is 3.02. The number of halogens is 1. The summed E-state index contributed by atoms with van der Waals surface area (Å²) in [6.45, 7) is 2.71. The van der Waals surface area contributed by atoms with Crippen molar-refractivity contribution in [3.63, 3.8) is 0 Å². The number of anilines is 2. The molecule has 3 N–H and O–H groups in total. The Bertz CT molecular complexity index is 406. The minimum atomic E-state index is 0.239. The molecule has 1 fully saturated rings. The van der Waals surface area contributed by atoms with Crippen LogP contribution >= 0.6 is 23.4 Å². The maximum atomic E-state index is 5.89. The summed E-state index contributed by atoms with van der Waals surface area (Å²) in [6.07, 6.45) is 4.63. The van der Waals surface area contributed by atoms with E-state index in [9.17, 15) is 0 Å². The number of nitrogens with one attached hydrogen (secondary N) is 1. The van der Waals surface area contributed by atoms with Crippen LogP contribution in [0.2, 0.25) is 5.28 Å².